The molecule has 2 heterocycles. The molecule has 0 aliphatic carbocycles. The molecule has 2 aromatic rings. The van der Waals surface area contributed by atoms with Crippen LogP contribution in [0, 0.1) is 6.92 Å². The summed E-state index contributed by atoms with van der Waals surface area (Å²) in [4.78, 5) is 26.1. The van der Waals surface area contributed by atoms with Gasteiger partial charge in [-0.15, -0.1) is 0 Å². The first kappa shape index (κ1) is 11.3. The number of carbonyl (C=O) groups excluding carboxylic acids is 2. The maximum atomic E-state index is 11.6. The molecule has 0 radical (unpaired) electrons. The van der Waals surface area contributed by atoms with Crippen LogP contribution < -0.4 is 10.4 Å². The maximum Gasteiger partial charge on any atom is 0.293 e. The van der Waals surface area contributed by atoms with Crippen LogP contribution in [0.1, 0.15) is 25.9 Å². The fourth-order valence-electron chi connectivity index (χ4n) is 1.21. The van der Waals surface area contributed by atoms with E-state index in [-0.39, 0.29) is 15.8 Å². The number of furan rings is 1. The molecule has 0 atom stereocenters. The Kier molecular flexibility index (Phi) is 2.92. The number of carboxylic acids is 1. The minimum absolute atomic E-state index is 0.000236. The standard InChI is InChI=1S/C10H8N2O4S/c1-5-7(9(14)15)17-10(11-5)12-8(13)6-3-2-4-16-6/h2-4H,1H3,(H,14,15)(H,11,12,13)/p-1. The van der Waals surface area contributed by atoms with Crippen molar-refractivity contribution in [3.8, 4) is 0 Å². The van der Waals surface area contributed by atoms with Gasteiger partial charge in [0.1, 0.15) is 0 Å². The lowest BCUT2D eigenvalue weighted by atomic mass is 10.4. The Labute approximate surface area is 99.9 Å². The first-order valence-electron chi connectivity index (χ1n) is 4.61. The molecule has 0 bridgehead atoms. The van der Waals surface area contributed by atoms with Gasteiger partial charge in [-0.3, -0.25) is 10.1 Å². The van der Waals surface area contributed by atoms with Gasteiger partial charge in [0.05, 0.1) is 22.8 Å². The number of aromatic carboxylic acids is 1. The topological polar surface area (TPSA) is 95.3 Å². The molecule has 0 spiro atoms. The summed E-state index contributed by atoms with van der Waals surface area (Å²) in [6.45, 7) is 1.53. The number of rotatable bonds is 3. The number of nitrogens with one attached hydrogen (secondary N) is 1. The molecule has 0 saturated heterocycles. The third kappa shape index (κ3) is 2.34. The van der Waals surface area contributed by atoms with Crippen LogP contribution in [0.3, 0.4) is 0 Å². The number of carbonyl (C=O) groups is 2. The summed E-state index contributed by atoms with van der Waals surface area (Å²) in [6.07, 6.45) is 1.37. The number of carboxylic acid groups (broad SMARTS) is 1. The van der Waals surface area contributed by atoms with Gasteiger partial charge in [-0.1, -0.05) is 11.3 Å². The van der Waals surface area contributed by atoms with Crippen LogP contribution in [0.4, 0.5) is 5.13 Å². The van der Waals surface area contributed by atoms with Crippen molar-refractivity contribution in [3.05, 3.63) is 34.7 Å². The molecule has 0 fully saturated rings. The molecule has 0 aliphatic rings. The zero-order valence-corrected chi connectivity index (χ0v) is 9.54. The largest absolute Gasteiger partial charge is 0.544 e. The van der Waals surface area contributed by atoms with Crippen molar-refractivity contribution in [2.75, 3.05) is 5.32 Å². The third-order valence-corrected chi connectivity index (χ3v) is 3.00. The van der Waals surface area contributed by atoms with Crippen molar-refractivity contribution in [2.24, 2.45) is 0 Å². The first-order valence-corrected chi connectivity index (χ1v) is 5.43. The van der Waals surface area contributed by atoms with Gasteiger partial charge in [-0.05, 0) is 19.1 Å². The number of thiazole rings is 1. The van der Waals surface area contributed by atoms with Crippen molar-refractivity contribution in [3.63, 3.8) is 0 Å². The zero-order valence-electron chi connectivity index (χ0n) is 8.72. The highest BCUT2D eigenvalue weighted by Crippen LogP contribution is 2.22. The first-order chi connectivity index (χ1) is 8.08. The number of hydrogen-bond donors (Lipinski definition) is 1. The molecule has 0 unspecified atom stereocenters. The summed E-state index contributed by atoms with van der Waals surface area (Å²) in [5, 5.41) is 13.3. The molecule has 0 aromatic carbocycles. The van der Waals surface area contributed by atoms with E-state index in [1.54, 1.807) is 6.07 Å². The van der Waals surface area contributed by atoms with Gasteiger partial charge in [-0.2, -0.15) is 0 Å². The van der Waals surface area contributed by atoms with E-state index >= 15 is 0 Å². The number of amides is 1. The van der Waals surface area contributed by atoms with E-state index in [0.717, 1.165) is 11.3 Å². The van der Waals surface area contributed by atoms with Crippen molar-refractivity contribution in [1.29, 1.82) is 0 Å². The van der Waals surface area contributed by atoms with E-state index in [1.807, 2.05) is 0 Å². The molecule has 6 nitrogen and oxygen atoms in total. The SMILES string of the molecule is Cc1nc(NC(=O)c2ccco2)sc1C(=O)[O-]. The van der Waals surface area contributed by atoms with E-state index in [9.17, 15) is 14.7 Å². The quantitative estimate of drug-likeness (QED) is 0.864. The third-order valence-electron chi connectivity index (χ3n) is 1.95. The molecule has 7 heteroatoms. The number of nitrogens with zero attached hydrogens (tertiary/aromatic N) is 1. The number of aromatic nitrogens is 1. The van der Waals surface area contributed by atoms with E-state index in [0.29, 0.717) is 5.69 Å². The Morgan fingerprint density at radius 1 is 1.53 bits per heavy atom. The Bertz CT molecular complexity index is 559. The summed E-state index contributed by atoms with van der Waals surface area (Å²) < 4.78 is 4.89. The molecule has 2 rings (SSSR count). The van der Waals surface area contributed by atoms with Gasteiger partial charge in [0, 0.05) is 0 Å². The van der Waals surface area contributed by atoms with Gasteiger partial charge < -0.3 is 14.3 Å². The average molecular weight is 251 g/mol. The molecular weight excluding hydrogens is 244 g/mol. The second-order valence-corrected chi connectivity index (χ2v) is 4.15. The van der Waals surface area contributed by atoms with E-state index in [2.05, 4.69) is 10.3 Å². The van der Waals surface area contributed by atoms with Crippen LogP contribution in [0.5, 0.6) is 0 Å². The van der Waals surface area contributed by atoms with E-state index in [4.69, 9.17) is 4.42 Å². The predicted molar refractivity (Wildman–Crippen MR) is 57.8 cm³/mol. The summed E-state index contributed by atoms with van der Waals surface area (Å²) in [6, 6.07) is 3.07. The summed E-state index contributed by atoms with van der Waals surface area (Å²) >= 11 is 0.846. The van der Waals surface area contributed by atoms with Crippen LogP contribution in [-0.4, -0.2) is 16.9 Å². The van der Waals surface area contributed by atoms with Crippen LogP contribution in [-0.2, 0) is 0 Å². The monoisotopic (exact) mass is 251 g/mol. The molecule has 17 heavy (non-hydrogen) atoms. The average Bonchev–Trinajstić information content (AvgIpc) is 2.86. The normalized spacial score (nSPS) is 10.2. The number of anilines is 1. The maximum absolute atomic E-state index is 11.6. The Balaban J connectivity index is 2.17. The second-order valence-electron chi connectivity index (χ2n) is 3.15. The van der Waals surface area contributed by atoms with Crippen molar-refractivity contribution in [1.82, 2.24) is 4.98 Å². The van der Waals surface area contributed by atoms with Crippen LogP contribution in [0.25, 0.3) is 0 Å². The minimum Gasteiger partial charge on any atom is -0.544 e. The molecular formula is C10H7N2O4S-. The lowest BCUT2D eigenvalue weighted by molar-refractivity contribution is -0.254. The minimum atomic E-state index is -1.31. The summed E-state index contributed by atoms with van der Waals surface area (Å²) in [5.41, 5.74) is 0.310. The van der Waals surface area contributed by atoms with E-state index in [1.165, 1.54) is 19.3 Å². The lowest BCUT2D eigenvalue weighted by Crippen LogP contribution is -2.21. The van der Waals surface area contributed by atoms with E-state index < -0.39 is 11.9 Å². The molecule has 0 aliphatic heterocycles. The van der Waals surface area contributed by atoms with Gasteiger partial charge in [-0.25, -0.2) is 4.98 Å². The number of hydrogen-bond acceptors (Lipinski definition) is 6. The van der Waals surface area contributed by atoms with Crippen molar-refractivity contribution < 1.29 is 19.1 Å². The van der Waals surface area contributed by atoms with Crippen LogP contribution >= 0.6 is 11.3 Å². The smallest absolute Gasteiger partial charge is 0.293 e. The summed E-state index contributed by atoms with van der Waals surface area (Å²) in [5.74, 6) is -1.65. The molecule has 1 amide bonds. The fourth-order valence-corrected chi connectivity index (χ4v) is 2.00. The zero-order chi connectivity index (χ0) is 12.4. The summed E-state index contributed by atoms with van der Waals surface area (Å²) in [7, 11) is 0. The van der Waals surface area contributed by atoms with Crippen molar-refractivity contribution in [2.45, 2.75) is 6.92 Å². The Hall–Kier alpha value is -2.15. The van der Waals surface area contributed by atoms with Gasteiger partial charge in [0.25, 0.3) is 5.91 Å². The highest BCUT2D eigenvalue weighted by Gasteiger charge is 2.13. The van der Waals surface area contributed by atoms with Crippen molar-refractivity contribution >= 4 is 28.3 Å². The fraction of sp³-hybridized carbons (Fsp3) is 0.100. The molecule has 0 saturated carbocycles. The van der Waals surface area contributed by atoms with Gasteiger partial charge in [0.2, 0.25) is 0 Å². The Morgan fingerprint density at radius 2 is 2.29 bits per heavy atom. The Morgan fingerprint density at radius 3 is 2.82 bits per heavy atom. The second kappa shape index (κ2) is 4.38. The number of aryl methyl sites for hydroxylation is 1. The predicted octanol–water partition coefficient (Wildman–Crippen LogP) is 0.660. The van der Waals surface area contributed by atoms with Gasteiger partial charge in [0.15, 0.2) is 10.9 Å². The lowest BCUT2D eigenvalue weighted by Gasteiger charge is -1.97. The highest BCUT2D eigenvalue weighted by molar-refractivity contribution is 7.17. The van der Waals surface area contributed by atoms with Crippen LogP contribution in [0.15, 0.2) is 22.8 Å². The molecule has 1 N–H and O–H groups in total. The van der Waals surface area contributed by atoms with Gasteiger partial charge >= 0.3 is 0 Å². The highest BCUT2D eigenvalue weighted by atomic mass is 32.1. The van der Waals surface area contributed by atoms with Crippen LogP contribution in [0.2, 0.25) is 0 Å². The molecule has 88 valence electrons. The molecule has 2 aromatic heterocycles.